The Hall–Kier alpha value is -13.3. The number of hydrogen-bond donors (Lipinski definition) is 0. The standard InChI is InChI=1S/C58H48N2.C56H50N2/c1-57(2,3)37-23-27-41(28-24-37)59(39-15-9-7-10-16-39)43-31-33-47-51(35-43)45-19-13-21-49-53(45)55(47)50-22-14-20-46-52-36-44(32-34-48(52)56(49)54(46)50)60(40-17-11-8-12-18-40)42-29-25-38(26-30-42)58(4,5)6;1-35-19-23-39(24-20-35)57(37-15-11-9-12-16-37)41-27-29-43-45(31-41)47-33-49(55(3,4)5)52-44-30-28-42(58(38-17-13-10-14-18-38)40-25-21-36(2)22-26-40)32-46(44)48-34-50(56(6,7)8)51(43)53(47)54(48)52/h7-36H,1-6H3;9-34H,1-8H3. The van der Waals surface area contributed by atoms with Gasteiger partial charge in [0.15, 0.2) is 0 Å². The fourth-order valence-electron chi connectivity index (χ4n) is 19.3. The topological polar surface area (TPSA) is 13.0 Å². The normalized spacial score (nSPS) is 12.5. The van der Waals surface area contributed by atoms with Crippen LogP contribution in [0.25, 0.3) is 120 Å². The predicted molar refractivity (Wildman–Crippen MR) is 510 cm³/mol. The molecule has 2 aliphatic carbocycles. The summed E-state index contributed by atoms with van der Waals surface area (Å²) in [5.74, 6) is 0. The van der Waals surface area contributed by atoms with Crippen molar-refractivity contribution in [1.29, 1.82) is 0 Å². The summed E-state index contributed by atoms with van der Waals surface area (Å²) < 4.78 is 0. The molecule has 118 heavy (non-hydrogen) atoms. The third-order valence-corrected chi connectivity index (χ3v) is 25.1. The molecule has 19 aromatic rings. The van der Waals surface area contributed by atoms with Gasteiger partial charge >= 0.3 is 0 Å². The maximum Gasteiger partial charge on any atom is 0.0468 e. The lowest BCUT2D eigenvalue weighted by molar-refractivity contribution is 0.590. The lowest BCUT2D eigenvalue weighted by Gasteiger charge is -2.27. The van der Waals surface area contributed by atoms with E-state index in [4.69, 9.17) is 0 Å². The van der Waals surface area contributed by atoms with Crippen LogP contribution in [0.1, 0.15) is 116 Å². The molecule has 0 unspecified atom stereocenters. The van der Waals surface area contributed by atoms with Gasteiger partial charge in [-0.1, -0.05) is 276 Å². The molecule has 0 aromatic heterocycles. The highest BCUT2D eigenvalue weighted by molar-refractivity contribution is 6.48. The van der Waals surface area contributed by atoms with E-state index in [0.29, 0.717) is 0 Å². The highest BCUT2D eigenvalue weighted by Gasteiger charge is 2.39. The summed E-state index contributed by atoms with van der Waals surface area (Å²) >= 11 is 0. The predicted octanol–water partition coefficient (Wildman–Crippen LogP) is 33.3. The summed E-state index contributed by atoms with van der Waals surface area (Å²) in [5, 5.41) is 18.6. The fourth-order valence-corrected chi connectivity index (χ4v) is 19.3. The Morgan fingerprint density at radius 3 is 0.720 bits per heavy atom. The van der Waals surface area contributed by atoms with Gasteiger partial charge in [0.2, 0.25) is 0 Å². The van der Waals surface area contributed by atoms with Crippen LogP contribution in [-0.2, 0) is 21.7 Å². The minimum atomic E-state index is -0.0866. The lowest BCUT2D eigenvalue weighted by atomic mass is 9.77. The Bertz CT molecular complexity index is 6670. The van der Waals surface area contributed by atoms with Crippen LogP contribution in [0.4, 0.5) is 68.2 Å². The van der Waals surface area contributed by atoms with Crippen molar-refractivity contribution in [1.82, 2.24) is 0 Å². The quantitative estimate of drug-likeness (QED) is 0.113. The number of rotatable bonds is 12. The van der Waals surface area contributed by atoms with Crippen molar-refractivity contribution in [2.24, 2.45) is 0 Å². The molecule has 0 saturated carbocycles. The molecular weight excluding hydrogens is 1430 g/mol. The summed E-state index contributed by atoms with van der Waals surface area (Å²) in [7, 11) is 0. The first kappa shape index (κ1) is 73.6. The number of aryl methyl sites for hydroxylation is 2. The van der Waals surface area contributed by atoms with Gasteiger partial charge in [0.05, 0.1) is 0 Å². The highest BCUT2D eigenvalue weighted by Crippen LogP contribution is 2.63. The van der Waals surface area contributed by atoms with E-state index >= 15 is 0 Å². The third-order valence-electron chi connectivity index (χ3n) is 25.1. The molecule has 0 saturated heterocycles. The van der Waals surface area contributed by atoms with E-state index in [1.165, 1.54) is 153 Å². The van der Waals surface area contributed by atoms with Gasteiger partial charge in [-0.25, -0.2) is 0 Å². The van der Waals surface area contributed by atoms with Gasteiger partial charge in [-0.15, -0.1) is 0 Å². The maximum atomic E-state index is 2.55. The molecule has 0 N–H and O–H groups in total. The molecule has 2 aliphatic rings. The first-order valence-electron chi connectivity index (χ1n) is 42.0. The van der Waals surface area contributed by atoms with Gasteiger partial charge in [-0.05, 0) is 335 Å². The maximum absolute atomic E-state index is 2.55. The molecule has 4 heteroatoms. The molecule has 0 bridgehead atoms. The molecular formula is C114H98N4. The number of hydrogen-bond acceptors (Lipinski definition) is 4. The van der Waals surface area contributed by atoms with Crippen LogP contribution in [0, 0.1) is 13.8 Å². The number of nitrogens with zero attached hydrogens (tertiary/aromatic N) is 4. The lowest BCUT2D eigenvalue weighted by Crippen LogP contribution is -2.14. The first-order valence-corrected chi connectivity index (χ1v) is 42.0. The zero-order valence-corrected chi connectivity index (χ0v) is 70.1. The van der Waals surface area contributed by atoms with Crippen LogP contribution in [0.15, 0.2) is 340 Å². The average molecular weight is 1520 g/mol. The van der Waals surface area contributed by atoms with Crippen LogP contribution < -0.4 is 19.6 Å². The molecule has 19 aromatic carbocycles. The van der Waals surface area contributed by atoms with Crippen molar-refractivity contribution in [3.8, 4) is 44.5 Å². The smallest absolute Gasteiger partial charge is 0.0468 e. The number of para-hydroxylation sites is 4. The van der Waals surface area contributed by atoms with E-state index < -0.39 is 0 Å². The highest BCUT2D eigenvalue weighted by atomic mass is 15.2. The Labute approximate surface area is 694 Å². The zero-order chi connectivity index (χ0) is 81.0. The molecule has 4 nitrogen and oxygen atoms in total. The fraction of sp³-hybridized carbons (Fsp3) is 0.158. The van der Waals surface area contributed by atoms with Gasteiger partial charge < -0.3 is 19.6 Å². The molecule has 574 valence electrons. The number of fused-ring (bicyclic) bond motifs is 14. The summed E-state index contributed by atoms with van der Waals surface area (Å²) in [6, 6.07) is 127. The molecule has 0 fully saturated rings. The molecule has 0 aliphatic heterocycles. The minimum absolute atomic E-state index is 0.0858. The second-order valence-electron chi connectivity index (χ2n) is 37.0. The van der Waals surface area contributed by atoms with Gasteiger partial charge in [-0.3, -0.25) is 0 Å². The van der Waals surface area contributed by atoms with E-state index in [9.17, 15) is 0 Å². The van der Waals surface area contributed by atoms with Crippen LogP contribution in [0.5, 0.6) is 0 Å². The van der Waals surface area contributed by atoms with Crippen LogP contribution in [-0.4, -0.2) is 0 Å². The molecule has 0 amide bonds. The SMILES string of the molecule is CC(C)(C)c1ccc(N(c2ccccc2)c2ccc3c(c2)c2cccc4c2c3c2cccc3c5cc(N(c6ccccc6)c6ccc(C(C)(C)C)cc6)ccc5c4c32)cc1.Cc1ccc(N(c2ccccc2)c2ccc3c(c2)-c2cc(C(C)(C)C)c4c5c(cc(C(C)(C)C)c-3c25)-c2cc(N(c3ccccc3)c3ccc(C)cc3)ccc2-4)cc1. The Morgan fingerprint density at radius 1 is 0.169 bits per heavy atom. The molecule has 21 rings (SSSR count). The van der Waals surface area contributed by atoms with Gasteiger partial charge in [0, 0.05) is 68.2 Å². The number of benzene rings is 17. The van der Waals surface area contributed by atoms with Crippen molar-refractivity contribution in [3.05, 3.63) is 373 Å². The Kier molecular flexibility index (Phi) is 17.3. The Balaban J connectivity index is 0.000000152. The zero-order valence-electron chi connectivity index (χ0n) is 70.1. The first-order chi connectivity index (χ1) is 56.9. The number of anilines is 12. The molecule has 0 spiro atoms. The van der Waals surface area contributed by atoms with E-state index in [-0.39, 0.29) is 21.7 Å². The molecule has 0 heterocycles. The van der Waals surface area contributed by atoms with Crippen LogP contribution >= 0.6 is 0 Å². The van der Waals surface area contributed by atoms with Crippen molar-refractivity contribution < 1.29 is 0 Å². The summed E-state index contributed by atoms with van der Waals surface area (Å²) in [5.41, 5.74) is 32.5. The van der Waals surface area contributed by atoms with Gasteiger partial charge in [0.25, 0.3) is 0 Å². The monoisotopic (exact) mass is 1520 g/mol. The van der Waals surface area contributed by atoms with Gasteiger partial charge in [0.1, 0.15) is 0 Å². The summed E-state index contributed by atoms with van der Waals surface area (Å²) in [4.78, 5) is 9.59. The largest absolute Gasteiger partial charge is 0.310 e. The van der Waals surface area contributed by atoms with Crippen LogP contribution in [0.2, 0.25) is 0 Å². The van der Waals surface area contributed by atoms with E-state index in [0.717, 1.165) is 68.2 Å². The van der Waals surface area contributed by atoms with Crippen molar-refractivity contribution >= 4 is 144 Å². The molecule has 0 radical (unpaired) electrons. The molecule has 0 atom stereocenters. The second kappa shape index (κ2) is 27.7. The van der Waals surface area contributed by atoms with E-state index in [1.54, 1.807) is 0 Å². The van der Waals surface area contributed by atoms with Crippen LogP contribution in [0.3, 0.4) is 0 Å². The average Bonchev–Trinajstić information content (AvgIpc) is 1.52. The van der Waals surface area contributed by atoms with Crippen molar-refractivity contribution in [2.45, 2.75) is 119 Å². The Morgan fingerprint density at radius 2 is 0.424 bits per heavy atom. The summed E-state index contributed by atoms with van der Waals surface area (Å²) in [6.45, 7) is 32.2. The van der Waals surface area contributed by atoms with E-state index in [1.807, 2.05) is 0 Å². The second-order valence-corrected chi connectivity index (χ2v) is 37.0. The third kappa shape index (κ3) is 12.2. The minimum Gasteiger partial charge on any atom is -0.310 e. The van der Waals surface area contributed by atoms with E-state index in [2.05, 4.69) is 456 Å². The van der Waals surface area contributed by atoms with Crippen molar-refractivity contribution in [2.75, 3.05) is 19.6 Å². The van der Waals surface area contributed by atoms with Gasteiger partial charge in [-0.2, -0.15) is 0 Å². The van der Waals surface area contributed by atoms with Crippen molar-refractivity contribution in [3.63, 3.8) is 0 Å². The summed E-state index contributed by atoms with van der Waals surface area (Å²) in [6.07, 6.45) is 0.